The number of aryl methyl sites for hydroxylation is 1. The maximum atomic E-state index is 14.2. The van der Waals surface area contributed by atoms with Crippen molar-refractivity contribution >= 4 is 29.0 Å². The van der Waals surface area contributed by atoms with Gasteiger partial charge in [-0.1, -0.05) is 6.07 Å². The molecule has 0 spiro atoms. The number of alkyl halides is 3. The summed E-state index contributed by atoms with van der Waals surface area (Å²) < 4.78 is 58.2. The third-order valence-electron chi connectivity index (χ3n) is 5.10. The highest BCUT2D eigenvalue weighted by Crippen LogP contribution is 2.31. The third kappa shape index (κ3) is 5.93. The van der Waals surface area contributed by atoms with Gasteiger partial charge in [0, 0.05) is 18.8 Å². The Bertz CT molecular complexity index is 1220. The molecule has 1 aliphatic rings. The van der Waals surface area contributed by atoms with Gasteiger partial charge in [-0.2, -0.15) is 18.2 Å². The van der Waals surface area contributed by atoms with Crippen LogP contribution >= 0.6 is 0 Å². The van der Waals surface area contributed by atoms with Crippen LogP contribution in [0.4, 0.5) is 40.7 Å². The van der Waals surface area contributed by atoms with Crippen molar-refractivity contribution in [2.75, 3.05) is 41.9 Å². The van der Waals surface area contributed by atoms with Gasteiger partial charge in [-0.3, -0.25) is 15.6 Å². The van der Waals surface area contributed by atoms with E-state index in [9.17, 15) is 22.4 Å². The largest absolute Gasteiger partial charge is 0.416 e. The van der Waals surface area contributed by atoms with Crippen LogP contribution in [0, 0.1) is 12.7 Å². The number of carbonyl (C=O) groups is 1. The summed E-state index contributed by atoms with van der Waals surface area (Å²) in [5, 5.41) is 2.84. The van der Waals surface area contributed by atoms with Crippen LogP contribution in [-0.4, -0.2) is 47.2 Å². The first-order valence-electron chi connectivity index (χ1n) is 10.5. The fourth-order valence-corrected chi connectivity index (χ4v) is 3.41. The molecule has 0 bridgehead atoms. The number of amides is 1. The van der Waals surface area contributed by atoms with Crippen LogP contribution in [0.15, 0.2) is 42.7 Å². The van der Waals surface area contributed by atoms with Crippen LogP contribution in [0.2, 0.25) is 0 Å². The highest BCUT2D eigenvalue weighted by molar-refractivity contribution is 5.94. The highest BCUT2D eigenvalue weighted by atomic mass is 19.4. The molecule has 0 unspecified atom stereocenters. The summed E-state index contributed by atoms with van der Waals surface area (Å²) in [4.78, 5) is 26.3. The lowest BCUT2D eigenvalue weighted by molar-refractivity contribution is -0.137. The van der Waals surface area contributed by atoms with Crippen LogP contribution in [-0.2, 0) is 10.9 Å². The van der Waals surface area contributed by atoms with Crippen molar-refractivity contribution in [2.45, 2.75) is 13.1 Å². The van der Waals surface area contributed by atoms with Gasteiger partial charge in [0.05, 0.1) is 36.9 Å². The van der Waals surface area contributed by atoms with Crippen molar-refractivity contribution < 1.29 is 27.1 Å². The minimum Gasteiger partial charge on any atom is -0.378 e. The molecule has 0 saturated carbocycles. The predicted octanol–water partition coefficient (Wildman–Crippen LogP) is 3.68. The van der Waals surface area contributed by atoms with Gasteiger partial charge in [0.25, 0.3) is 5.91 Å². The van der Waals surface area contributed by atoms with Gasteiger partial charge in [-0.05, 0) is 36.8 Å². The Morgan fingerprint density at radius 1 is 1.09 bits per heavy atom. The zero-order valence-electron chi connectivity index (χ0n) is 18.5. The second kappa shape index (κ2) is 10.1. The summed E-state index contributed by atoms with van der Waals surface area (Å²) in [5.74, 6) is -1.11. The molecule has 35 heavy (non-hydrogen) atoms. The van der Waals surface area contributed by atoms with Crippen molar-refractivity contribution in [3.05, 3.63) is 65.4 Å². The molecular formula is C22H21F4N7O2. The van der Waals surface area contributed by atoms with Crippen LogP contribution in [0.3, 0.4) is 0 Å². The number of hydrogen-bond donors (Lipinski definition) is 3. The molecule has 184 valence electrons. The Morgan fingerprint density at radius 3 is 2.57 bits per heavy atom. The van der Waals surface area contributed by atoms with Gasteiger partial charge >= 0.3 is 6.18 Å². The van der Waals surface area contributed by atoms with Crippen LogP contribution in [0.1, 0.15) is 21.6 Å². The van der Waals surface area contributed by atoms with Crippen LogP contribution in [0.5, 0.6) is 0 Å². The highest BCUT2D eigenvalue weighted by Gasteiger charge is 2.30. The fourth-order valence-electron chi connectivity index (χ4n) is 3.41. The number of pyridine rings is 1. The lowest BCUT2D eigenvalue weighted by Gasteiger charge is -2.28. The minimum atomic E-state index is -4.46. The smallest absolute Gasteiger partial charge is 0.378 e. The van der Waals surface area contributed by atoms with Gasteiger partial charge in [0.2, 0.25) is 5.95 Å². The molecule has 0 radical (unpaired) electrons. The fraction of sp³-hybridized carbons (Fsp3) is 0.273. The molecule has 1 aliphatic heterocycles. The summed E-state index contributed by atoms with van der Waals surface area (Å²) in [7, 11) is 0. The first-order valence-corrected chi connectivity index (χ1v) is 10.5. The van der Waals surface area contributed by atoms with Gasteiger partial charge in [-0.25, -0.2) is 14.4 Å². The molecule has 1 amide bonds. The second-order valence-corrected chi connectivity index (χ2v) is 7.64. The van der Waals surface area contributed by atoms with E-state index in [1.54, 1.807) is 17.9 Å². The van der Waals surface area contributed by atoms with E-state index in [1.165, 1.54) is 18.3 Å². The van der Waals surface area contributed by atoms with Crippen molar-refractivity contribution in [1.82, 2.24) is 20.4 Å². The number of hydrazine groups is 1. The Kier molecular flexibility index (Phi) is 6.96. The lowest BCUT2D eigenvalue weighted by atomic mass is 10.1. The van der Waals surface area contributed by atoms with E-state index in [4.69, 9.17) is 4.74 Å². The van der Waals surface area contributed by atoms with Gasteiger partial charge in [-0.15, -0.1) is 0 Å². The Labute approximate surface area is 197 Å². The molecular weight excluding hydrogens is 470 g/mol. The standard InChI is InChI=1S/C22H21F4N7O2/c1-13-9-16(29-15-4-2-3-14(10-15)22(24,25)26)11-27-18(13)20(34)31-32-21-28-12-17(23)19(30-21)33-5-7-35-8-6-33/h2-4,9-12,29H,5-8H2,1H3,(H,31,34)(H,28,30,32). The molecule has 1 aromatic carbocycles. The summed E-state index contributed by atoms with van der Waals surface area (Å²) in [5.41, 5.74) is 5.34. The molecule has 3 N–H and O–H groups in total. The topological polar surface area (TPSA) is 104 Å². The average Bonchev–Trinajstić information content (AvgIpc) is 2.83. The van der Waals surface area contributed by atoms with Gasteiger partial charge < -0.3 is 15.0 Å². The molecule has 1 fully saturated rings. The summed E-state index contributed by atoms with van der Waals surface area (Å²) in [6, 6.07) is 6.31. The first-order chi connectivity index (χ1) is 16.7. The van der Waals surface area contributed by atoms with E-state index < -0.39 is 23.5 Å². The molecule has 0 aliphatic carbocycles. The Balaban J connectivity index is 1.41. The van der Waals surface area contributed by atoms with Crippen LogP contribution < -0.4 is 21.1 Å². The van der Waals surface area contributed by atoms with E-state index in [0.717, 1.165) is 18.3 Å². The second-order valence-electron chi connectivity index (χ2n) is 7.64. The number of hydrogen-bond acceptors (Lipinski definition) is 8. The summed E-state index contributed by atoms with van der Waals surface area (Å²) >= 11 is 0. The molecule has 0 atom stereocenters. The minimum absolute atomic E-state index is 0.0123. The lowest BCUT2D eigenvalue weighted by Crippen LogP contribution is -2.38. The summed E-state index contributed by atoms with van der Waals surface area (Å²) in [6.07, 6.45) is -2.13. The van der Waals surface area contributed by atoms with E-state index in [1.807, 2.05) is 0 Å². The maximum Gasteiger partial charge on any atom is 0.416 e. The molecule has 3 heterocycles. The number of nitrogens with one attached hydrogen (secondary N) is 3. The van der Waals surface area contributed by atoms with Crippen LogP contribution in [0.25, 0.3) is 0 Å². The number of halogens is 4. The normalized spacial score (nSPS) is 13.9. The number of carbonyl (C=O) groups excluding carboxylic acids is 1. The number of rotatable bonds is 6. The van der Waals surface area contributed by atoms with E-state index in [-0.39, 0.29) is 23.1 Å². The number of morpholine rings is 1. The molecule has 13 heteroatoms. The Morgan fingerprint density at radius 2 is 1.86 bits per heavy atom. The number of benzene rings is 1. The average molecular weight is 491 g/mol. The monoisotopic (exact) mass is 491 g/mol. The van der Waals surface area contributed by atoms with Gasteiger partial charge in [0.15, 0.2) is 11.6 Å². The molecule has 4 rings (SSSR count). The number of ether oxygens (including phenoxy) is 1. The van der Waals surface area contributed by atoms with Crippen molar-refractivity contribution in [2.24, 2.45) is 0 Å². The van der Waals surface area contributed by atoms with Crippen molar-refractivity contribution in [1.29, 1.82) is 0 Å². The van der Waals surface area contributed by atoms with E-state index in [2.05, 4.69) is 31.1 Å². The number of aromatic nitrogens is 3. The quantitative estimate of drug-likeness (QED) is 0.355. The zero-order chi connectivity index (χ0) is 25.0. The Hall–Kier alpha value is -4.00. The zero-order valence-corrected chi connectivity index (χ0v) is 18.5. The molecule has 2 aromatic heterocycles. The number of nitrogens with zero attached hydrogens (tertiary/aromatic N) is 4. The van der Waals surface area contributed by atoms with E-state index in [0.29, 0.717) is 37.6 Å². The molecule has 3 aromatic rings. The van der Waals surface area contributed by atoms with Gasteiger partial charge in [0.1, 0.15) is 5.69 Å². The molecule has 9 nitrogen and oxygen atoms in total. The third-order valence-corrected chi connectivity index (χ3v) is 5.10. The van der Waals surface area contributed by atoms with E-state index >= 15 is 0 Å². The maximum absolute atomic E-state index is 14.2. The predicted molar refractivity (Wildman–Crippen MR) is 120 cm³/mol. The molecule has 1 saturated heterocycles. The van der Waals surface area contributed by atoms with Crippen molar-refractivity contribution in [3.8, 4) is 0 Å². The first kappa shape index (κ1) is 24.1. The summed E-state index contributed by atoms with van der Waals surface area (Å²) in [6.45, 7) is 3.48. The number of anilines is 4. The van der Waals surface area contributed by atoms with Crippen molar-refractivity contribution in [3.63, 3.8) is 0 Å². The SMILES string of the molecule is Cc1cc(Nc2cccc(C(F)(F)F)c2)cnc1C(=O)NNc1ncc(F)c(N2CCOCC2)n1.